The third-order valence-corrected chi connectivity index (χ3v) is 6.27. The van der Waals surface area contributed by atoms with Crippen molar-refractivity contribution in [3.63, 3.8) is 0 Å². The molecule has 1 heterocycles. The largest absolute Gasteiger partial charge is 0.496 e. The van der Waals surface area contributed by atoms with Gasteiger partial charge in [0.2, 0.25) is 0 Å². The summed E-state index contributed by atoms with van der Waals surface area (Å²) in [6.07, 6.45) is 1.61. The third-order valence-electron chi connectivity index (χ3n) is 6.27. The first-order chi connectivity index (χ1) is 18.5. The lowest BCUT2D eigenvalue weighted by Gasteiger charge is -2.29. The fourth-order valence-electron chi connectivity index (χ4n) is 4.51. The molecule has 0 radical (unpaired) electrons. The van der Waals surface area contributed by atoms with Crippen LogP contribution in [0.5, 0.6) is 5.75 Å². The molecule has 7 nitrogen and oxygen atoms in total. The number of rotatable bonds is 5. The Hall–Kier alpha value is -4.48. The minimum absolute atomic E-state index is 0.250. The fraction of sp³-hybridized carbons (Fsp3) is 0.281. The Morgan fingerprint density at radius 3 is 2.21 bits per heavy atom. The molecule has 0 atom stereocenters. The number of aryl methyl sites for hydroxylation is 2. The van der Waals surface area contributed by atoms with Crippen molar-refractivity contribution in [3.8, 4) is 16.9 Å². The van der Waals surface area contributed by atoms with Crippen molar-refractivity contribution in [1.29, 1.82) is 0 Å². The van der Waals surface area contributed by atoms with Gasteiger partial charge in [0.25, 0.3) is 0 Å². The zero-order valence-corrected chi connectivity index (χ0v) is 23.5. The molecule has 0 spiro atoms. The Morgan fingerprint density at radius 2 is 1.56 bits per heavy atom. The first kappa shape index (κ1) is 29.1. The van der Waals surface area contributed by atoms with Gasteiger partial charge in [-0.2, -0.15) is 9.59 Å². The maximum Gasteiger partial charge on any atom is 0.415 e. The number of hydrogen-bond donors (Lipinski definition) is 0. The molecule has 0 N–H and O–H groups in total. The number of fused-ring (bicyclic) bond motifs is 1. The molecule has 0 aliphatic carbocycles. The van der Waals surface area contributed by atoms with Gasteiger partial charge in [-0.15, -0.1) is 0 Å². The van der Waals surface area contributed by atoms with Crippen LogP contribution in [0.2, 0.25) is 0 Å². The Bertz CT molecular complexity index is 1520. The number of carbonyl (C=O) groups is 1. The zero-order chi connectivity index (χ0) is 28.7. The molecule has 1 amide bonds. The number of nitrogens with zero attached hydrogens (tertiary/aromatic N) is 2. The van der Waals surface area contributed by atoms with E-state index >= 15 is 0 Å². The molecule has 0 aliphatic rings. The number of carbonyl (C=O) groups excluding carboxylic acids is 3. The van der Waals surface area contributed by atoms with Crippen LogP contribution in [0.3, 0.4) is 0 Å². The average Bonchev–Trinajstić information content (AvgIpc) is 2.88. The quantitative estimate of drug-likeness (QED) is 0.273. The van der Waals surface area contributed by atoms with Gasteiger partial charge in [-0.3, -0.25) is 9.88 Å². The molecule has 1 aromatic heterocycles. The van der Waals surface area contributed by atoms with E-state index in [0.29, 0.717) is 0 Å². The van der Waals surface area contributed by atoms with Crippen LogP contribution in [0.15, 0.2) is 66.9 Å². The summed E-state index contributed by atoms with van der Waals surface area (Å²) in [4.78, 5) is 36.2. The predicted molar refractivity (Wildman–Crippen MR) is 152 cm³/mol. The second-order valence-electron chi connectivity index (χ2n) is 10.2. The van der Waals surface area contributed by atoms with Crippen molar-refractivity contribution < 1.29 is 23.9 Å². The number of methoxy groups -OCH3 is 1. The Labute approximate surface area is 229 Å². The summed E-state index contributed by atoms with van der Waals surface area (Å²) < 4.78 is 11.5. The standard InChI is InChI=1S/C31H34N2O3.CO2/c1-20-12-8-10-14-25(20)27-17-24(16-23-13-9-11-15-26(23)27)33(30(34)36-31(4,5)6)19-28-22(3)29(35-7)21(2)18-32-28;2-1-3/h8-18H,19H2,1-7H3;. The van der Waals surface area contributed by atoms with Gasteiger partial charge in [-0.25, -0.2) is 4.79 Å². The number of aromatic nitrogens is 1. The zero-order valence-electron chi connectivity index (χ0n) is 23.5. The van der Waals surface area contributed by atoms with Crippen LogP contribution >= 0.6 is 0 Å². The lowest BCUT2D eigenvalue weighted by Crippen LogP contribution is -2.37. The monoisotopic (exact) mass is 526 g/mol. The second-order valence-corrected chi connectivity index (χ2v) is 10.2. The van der Waals surface area contributed by atoms with Gasteiger partial charge < -0.3 is 9.47 Å². The van der Waals surface area contributed by atoms with Gasteiger partial charge in [0.05, 0.1) is 19.3 Å². The van der Waals surface area contributed by atoms with Crippen LogP contribution in [0.4, 0.5) is 10.5 Å². The van der Waals surface area contributed by atoms with Gasteiger partial charge >= 0.3 is 12.2 Å². The minimum atomic E-state index is -0.640. The number of amides is 1. The van der Waals surface area contributed by atoms with Crippen LogP contribution in [-0.2, 0) is 20.9 Å². The molecule has 7 heteroatoms. The minimum Gasteiger partial charge on any atom is -0.496 e. The lowest BCUT2D eigenvalue weighted by molar-refractivity contribution is -0.191. The van der Waals surface area contributed by atoms with Crippen molar-refractivity contribution in [2.24, 2.45) is 0 Å². The average molecular weight is 527 g/mol. The SMILES string of the molecule is COc1c(C)cnc(CN(C(=O)OC(C)(C)C)c2cc(-c3ccccc3C)c3ccccc3c2)c1C.O=C=O. The van der Waals surface area contributed by atoms with Gasteiger partial charge in [-0.05, 0) is 81.1 Å². The molecule has 4 rings (SSSR count). The van der Waals surface area contributed by atoms with Crippen molar-refractivity contribution in [3.05, 3.63) is 89.2 Å². The van der Waals surface area contributed by atoms with Crippen LogP contribution in [0.1, 0.15) is 43.2 Å². The summed E-state index contributed by atoms with van der Waals surface area (Å²) in [6.45, 7) is 11.9. The second kappa shape index (κ2) is 12.4. The van der Waals surface area contributed by atoms with E-state index in [0.717, 1.165) is 50.2 Å². The van der Waals surface area contributed by atoms with Crippen LogP contribution in [-0.4, -0.2) is 29.9 Å². The molecule has 4 aromatic rings. The normalized spacial score (nSPS) is 10.7. The Morgan fingerprint density at radius 1 is 0.923 bits per heavy atom. The highest BCUT2D eigenvalue weighted by atomic mass is 16.6. The van der Waals surface area contributed by atoms with Crippen LogP contribution in [0.25, 0.3) is 21.9 Å². The Balaban J connectivity index is 0.00000134. The number of pyridine rings is 1. The molecule has 0 saturated heterocycles. The molecule has 3 aromatic carbocycles. The fourth-order valence-corrected chi connectivity index (χ4v) is 4.51. The summed E-state index contributed by atoms with van der Waals surface area (Å²) in [5.74, 6) is 0.781. The molecular weight excluding hydrogens is 492 g/mol. The molecule has 39 heavy (non-hydrogen) atoms. The smallest absolute Gasteiger partial charge is 0.415 e. The first-order valence-electron chi connectivity index (χ1n) is 12.6. The summed E-state index contributed by atoms with van der Waals surface area (Å²) in [6, 6.07) is 20.7. The van der Waals surface area contributed by atoms with Crippen molar-refractivity contribution in [2.75, 3.05) is 12.0 Å². The lowest BCUT2D eigenvalue weighted by atomic mass is 9.94. The predicted octanol–water partition coefficient (Wildman–Crippen LogP) is 7.19. The van der Waals surface area contributed by atoms with Gasteiger partial charge in [0.15, 0.2) is 0 Å². The highest BCUT2D eigenvalue weighted by Gasteiger charge is 2.26. The van der Waals surface area contributed by atoms with Crippen LogP contribution < -0.4 is 9.64 Å². The van der Waals surface area contributed by atoms with E-state index in [-0.39, 0.29) is 12.7 Å². The number of anilines is 1. The molecule has 202 valence electrons. The molecule has 0 saturated carbocycles. The van der Waals surface area contributed by atoms with E-state index in [9.17, 15) is 4.79 Å². The summed E-state index contributed by atoms with van der Waals surface area (Å²) >= 11 is 0. The number of ether oxygens (including phenoxy) is 2. The highest BCUT2D eigenvalue weighted by Crippen LogP contribution is 2.36. The molecule has 0 fully saturated rings. The maximum atomic E-state index is 13.6. The number of benzene rings is 3. The van der Waals surface area contributed by atoms with E-state index in [2.05, 4.69) is 42.2 Å². The van der Waals surface area contributed by atoms with E-state index in [4.69, 9.17) is 19.1 Å². The van der Waals surface area contributed by atoms with Crippen molar-refractivity contribution in [1.82, 2.24) is 4.98 Å². The van der Waals surface area contributed by atoms with Gasteiger partial charge in [0.1, 0.15) is 11.4 Å². The van der Waals surface area contributed by atoms with E-state index in [1.54, 1.807) is 18.2 Å². The third kappa shape index (κ3) is 6.89. The van der Waals surface area contributed by atoms with Gasteiger partial charge in [0, 0.05) is 23.0 Å². The van der Waals surface area contributed by atoms with E-state index in [1.165, 1.54) is 5.56 Å². The maximum absolute atomic E-state index is 13.6. The molecule has 0 unspecified atom stereocenters. The molecule has 0 aliphatic heterocycles. The van der Waals surface area contributed by atoms with Crippen molar-refractivity contribution in [2.45, 2.75) is 53.7 Å². The van der Waals surface area contributed by atoms with E-state index < -0.39 is 11.7 Å². The highest BCUT2D eigenvalue weighted by molar-refractivity contribution is 6.02. The summed E-state index contributed by atoms with van der Waals surface area (Å²) in [7, 11) is 1.66. The summed E-state index contributed by atoms with van der Waals surface area (Å²) in [5, 5.41) is 2.18. The van der Waals surface area contributed by atoms with Gasteiger partial charge in [-0.1, -0.05) is 48.5 Å². The molecular formula is C32H34N2O5. The molecule has 0 bridgehead atoms. The van der Waals surface area contributed by atoms with E-state index in [1.807, 2.05) is 65.0 Å². The van der Waals surface area contributed by atoms with Crippen molar-refractivity contribution >= 4 is 28.7 Å². The number of hydrogen-bond acceptors (Lipinski definition) is 6. The summed E-state index contributed by atoms with van der Waals surface area (Å²) in [5.41, 5.74) is 6.10. The van der Waals surface area contributed by atoms with Crippen LogP contribution in [0, 0.1) is 20.8 Å². The first-order valence-corrected chi connectivity index (χ1v) is 12.6. The Kier molecular flexibility index (Phi) is 9.23. The topological polar surface area (TPSA) is 85.8 Å².